The summed E-state index contributed by atoms with van der Waals surface area (Å²) in [6.07, 6.45) is 8.65. The van der Waals surface area contributed by atoms with Gasteiger partial charge in [-0.25, -0.2) is 4.39 Å². The molecule has 1 aliphatic heterocycles. The Bertz CT molecular complexity index is 814. The van der Waals surface area contributed by atoms with Crippen molar-refractivity contribution in [2.75, 3.05) is 18.1 Å². The first-order valence-corrected chi connectivity index (χ1v) is 13.3. The van der Waals surface area contributed by atoms with E-state index in [1.165, 1.54) is 43.6 Å². The molecule has 182 valence electrons. The lowest BCUT2D eigenvalue weighted by atomic mass is 10.1. The molecule has 0 spiro atoms. The first-order valence-electron chi connectivity index (χ1n) is 11.8. The van der Waals surface area contributed by atoms with E-state index in [4.69, 9.17) is 21.7 Å². The Morgan fingerprint density at radius 1 is 1.25 bits per heavy atom. The maximum atomic E-state index is 14.4. The van der Waals surface area contributed by atoms with Crippen molar-refractivity contribution in [2.45, 2.75) is 96.6 Å². The van der Waals surface area contributed by atoms with Crippen molar-refractivity contribution in [3.63, 3.8) is 0 Å². The fourth-order valence-electron chi connectivity index (χ4n) is 3.74. The number of aryl methyl sites for hydroxylation is 1. The molecule has 2 rings (SSSR count). The number of rotatable bonds is 15. The topological polar surface area (TPSA) is 73.3 Å². The van der Waals surface area contributed by atoms with Gasteiger partial charge in [-0.15, -0.1) is 0 Å². The number of carbonyl (C=O) groups excluding carboxylic acids is 1. The van der Waals surface area contributed by atoms with Gasteiger partial charge in [0.1, 0.15) is 25.1 Å². The van der Waals surface area contributed by atoms with Crippen molar-refractivity contribution in [2.24, 2.45) is 0 Å². The number of hydrogen-bond donors (Lipinski definition) is 1. The zero-order valence-corrected chi connectivity index (χ0v) is 20.9. The van der Waals surface area contributed by atoms with Gasteiger partial charge in [-0.3, -0.25) is 19.1 Å². The second-order valence-electron chi connectivity index (χ2n) is 8.32. The van der Waals surface area contributed by atoms with Crippen molar-refractivity contribution in [1.82, 2.24) is 9.55 Å². The Morgan fingerprint density at radius 2 is 1.91 bits per heavy atom. The molecule has 1 N–H and O–H groups in total. The standard InChI is InChI=1S/C23H37FN2O4S2/c1-3-32-13-11-9-7-5-4-6-8-10-12-21(27)29-16-19-18(24)14-20(30-19)26-15-17(2)22(28)25-23(26)31/h15,18-20H,3-14,16H2,1-2H3,(H,25,28,31)/t18-,19+,20+/m0/s1. The maximum Gasteiger partial charge on any atom is 0.305 e. The third-order valence-electron chi connectivity index (χ3n) is 5.65. The van der Waals surface area contributed by atoms with Crippen molar-refractivity contribution in [3.05, 3.63) is 26.9 Å². The smallest absolute Gasteiger partial charge is 0.305 e. The number of nitrogens with zero attached hydrogens (tertiary/aromatic N) is 1. The number of unbranched alkanes of at least 4 members (excludes halogenated alkanes) is 7. The number of aromatic amines is 1. The average molecular weight is 489 g/mol. The van der Waals surface area contributed by atoms with Gasteiger partial charge in [0.2, 0.25) is 0 Å². The summed E-state index contributed by atoms with van der Waals surface area (Å²) in [7, 11) is 0. The van der Waals surface area contributed by atoms with Crippen LogP contribution >= 0.6 is 24.0 Å². The zero-order valence-electron chi connectivity index (χ0n) is 19.3. The van der Waals surface area contributed by atoms with Crippen LogP contribution in [0.3, 0.4) is 0 Å². The number of hydrogen-bond acceptors (Lipinski definition) is 6. The maximum absolute atomic E-state index is 14.4. The first kappa shape index (κ1) is 27.1. The summed E-state index contributed by atoms with van der Waals surface area (Å²) < 4.78 is 27.1. The number of halogens is 1. The molecule has 2 heterocycles. The van der Waals surface area contributed by atoms with Gasteiger partial charge >= 0.3 is 5.97 Å². The number of nitrogens with one attached hydrogen (secondary N) is 1. The van der Waals surface area contributed by atoms with Gasteiger partial charge in [0.15, 0.2) is 4.77 Å². The Hall–Kier alpha value is -1.19. The molecule has 6 nitrogen and oxygen atoms in total. The Kier molecular flexibility index (Phi) is 12.6. The van der Waals surface area contributed by atoms with Crippen molar-refractivity contribution >= 4 is 29.9 Å². The Balaban J connectivity index is 1.57. The van der Waals surface area contributed by atoms with Crippen LogP contribution in [-0.4, -0.2) is 45.9 Å². The van der Waals surface area contributed by atoms with Gasteiger partial charge in [-0.2, -0.15) is 11.8 Å². The van der Waals surface area contributed by atoms with E-state index >= 15 is 0 Å². The molecule has 1 fully saturated rings. The third kappa shape index (κ3) is 9.35. The van der Waals surface area contributed by atoms with Gasteiger partial charge in [0.25, 0.3) is 5.56 Å². The molecule has 1 aliphatic rings. The van der Waals surface area contributed by atoms with Gasteiger partial charge in [0, 0.05) is 24.6 Å². The van der Waals surface area contributed by atoms with Gasteiger partial charge in [-0.05, 0) is 43.5 Å². The van der Waals surface area contributed by atoms with Crippen LogP contribution in [0, 0.1) is 11.7 Å². The molecule has 0 unspecified atom stereocenters. The fourth-order valence-corrected chi connectivity index (χ4v) is 4.70. The van der Waals surface area contributed by atoms with Crippen LogP contribution < -0.4 is 5.56 Å². The molecular weight excluding hydrogens is 451 g/mol. The SMILES string of the molecule is CCSCCCCCCCCCCC(=O)OC[C@H]1O[C@@H](n2cc(C)c(=O)[nH]c2=S)C[C@@H]1F. The number of alkyl halides is 1. The first-order chi connectivity index (χ1) is 15.4. The van der Waals surface area contributed by atoms with Crippen LogP contribution in [0.15, 0.2) is 11.0 Å². The fraction of sp³-hybridized carbons (Fsp3) is 0.783. The normalized spacial score (nSPS) is 20.5. The summed E-state index contributed by atoms with van der Waals surface area (Å²) >= 11 is 7.16. The summed E-state index contributed by atoms with van der Waals surface area (Å²) in [5, 5.41) is 0. The minimum atomic E-state index is -1.26. The highest BCUT2D eigenvalue weighted by Gasteiger charge is 2.37. The van der Waals surface area contributed by atoms with E-state index in [0.717, 1.165) is 19.3 Å². The molecule has 0 radical (unpaired) electrons. The molecule has 32 heavy (non-hydrogen) atoms. The Morgan fingerprint density at radius 3 is 2.59 bits per heavy atom. The molecular formula is C23H37FN2O4S2. The van der Waals surface area contributed by atoms with E-state index in [9.17, 15) is 14.0 Å². The number of carbonyl (C=O) groups is 1. The van der Waals surface area contributed by atoms with Crippen LogP contribution in [0.25, 0.3) is 0 Å². The predicted octanol–water partition coefficient (Wildman–Crippen LogP) is 5.65. The molecule has 0 bridgehead atoms. The van der Waals surface area contributed by atoms with Crippen molar-refractivity contribution in [1.29, 1.82) is 0 Å². The second-order valence-corrected chi connectivity index (χ2v) is 10.1. The predicted molar refractivity (Wildman–Crippen MR) is 130 cm³/mol. The highest BCUT2D eigenvalue weighted by Crippen LogP contribution is 2.31. The second kappa shape index (κ2) is 14.9. The summed E-state index contributed by atoms with van der Waals surface area (Å²) in [5.41, 5.74) is 0.201. The molecule has 0 amide bonds. The summed E-state index contributed by atoms with van der Waals surface area (Å²) in [4.78, 5) is 26.2. The highest BCUT2D eigenvalue weighted by atomic mass is 32.2. The Labute approximate surface area is 199 Å². The van der Waals surface area contributed by atoms with Crippen LogP contribution in [0.4, 0.5) is 4.39 Å². The summed E-state index contributed by atoms with van der Waals surface area (Å²) in [6, 6.07) is 0. The molecule has 0 aromatic carbocycles. The van der Waals surface area contributed by atoms with Crippen LogP contribution in [-0.2, 0) is 14.3 Å². The third-order valence-corrected chi connectivity index (χ3v) is 6.95. The number of esters is 1. The summed E-state index contributed by atoms with van der Waals surface area (Å²) in [6.45, 7) is 3.74. The van der Waals surface area contributed by atoms with Crippen LogP contribution in [0.5, 0.6) is 0 Å². The van der Waals surface area contributed by atoms with Crippen LogP contribution in [0.1, 0.15) is 82.9 Å². The van der Waals surface area contributed by atoms with E-state index < -0.39 is 18.5 Å². The van der Waals surface area contributed by atoms with E-state index in [0.29, 0.717) is 12.0 Å². The molecule has 0 aliphatic carbocycles. The lowest BCUT2D eigenvalue weighted by molar-refractivity contribution is -0.149. The van der Waals surface area contributed by atoms with Gasteiger partial charge in [0.05, 0.1) is 0 Å². The molecule has 0 saturated carbocycles. The van der Waals surface area contributed by atoms with E-state index in [2.05, 4.69) is 11.9 Å². The highest BCUT2D eigenvalue weighted by molar-refractivity contribution is 7.99. The lowest BCUT2D eigenvalue weighted by Gasteiger charge is -2.17. The molecule has 1 saturated heterocycles. The van der Waals surface area contributed by atoms with Crippen molar-refractivity contribution < 1.29 is 18.7 Å². The number of ether oxygens (including phenoxy) is 2. The van der Waals surface area contributed by atoms with Crippen LogP contribution in [0.2, 0.25) is 0 Å². The monoisotopic (exact) mass is 488 g/mol. The minimum Gasteiger partial charge on any atom is -0.463 e. The van der Waals surface area contributed by atoms with Gasteiger partial charge < -0.3 is 9.47 Å². The minimum absolute atomic E-state index is 0.0967. The molecule has 9 heteroatoms. The van der Waals surface area contributed by atoms with E-state index in [-0.39, 0.29) is 29.3 Å². The number of H-pyrrole nitrogens is 1. The average Bonchev–Trinajstić information content (AvgIpc) is 3.13. The lowest BCUT2D eigenvalue weighted by Crippen LogP contribution is -2.25. The summed E-state index contributed by atoms with van der Waals surface area (Å²) in [5.74, 6) is 2.17. The van der Waals surface area contributed by atoms with Crippen molar-refractivity contribution in [3.8, 4) is 0 Å². The zero-order chi connectivity index (χ0) is 23.3. The van der Waals surface area contributed by atoms with E-state index in [1.807, 2.05) is 11.8 Å². The molecule has 3 atom stereocenters. The molecule has 1 aromatic heterocycles. The number of aromatic nitrogens is 2. The van der Waals surface area contributed by atoms with Gasteiger partial charge in [-0.1, -0.05) is 45.4 Å². The number of thioether (sulfide) groups is 1. The molecule has 1 aromatic rings. The van der Waals surface area contributed by atoms with E-state index in [1.54, 1.807) is 17.7 Å². The largest absolute Gasteiger partial charge is 0.463 e. The quantitative estimate of drug-likeness (QED) is 0.195.